The van der Waals surface area contributed by atoms with Crippen molar-refractivity contribution in [2.24, 2.45) is 5.73 Å². The molecule has 1 aromatic heterocycles. The van der Waals surface area contributed by atoms with Gasteiger partial charge in [0.15, 0.2) is 0 Å². The van der Waals surface area contributed by atoms with Crippen LogP contribution < -0.4 is 5.73 Å². The summed E-state index contributed by atoms with van der Waals surface area (Å²) in [5, 5.41) is 1.27. The average molecular weight is 254 g/mol. The van der Waals surface area contributed by atoms with Crippen LogP contribution in [-0.4, -0.2) is 4.98 Å². The Morgan fingerprint density at radius 3 is 2.06 bits per heavy atom. The molecule has 3 heteroatoms. The van der Waals surface area contributed by atoms with Crippen molar-refractivity contribution in [2.75, 3.05) is 0 Å². The summed E-state index contributed by atoms with van der Waals surface area (Å²) in [6, 6.07) is 0. The molecule has 0 atom stereocenters. The highest BCUT2D eigenvalue weighted by atomic mass is 32.1. The molecule has 0 saturated heterocycles. The lowest BCUT2D eigenvalue weighted by atomic mass is 9.98. The molecule has 0 aliphatic heterocycles. The Labute approximate surface area is 110 Å². The molecule has 0 aromatic carbocycles. The molecular weight excluding hydrogens is 228 g/mol. The van der Waals surface area contributed by atoms with Gasteiger partial charge in [0.2, 0.25) is 0 Å². The van der Waals surface area contributed by atoms with Gasteiger partial charge in [-0.25, -0.2) is 4.98 Å². The third kappa shape index (κ3) is 3.29. The minimum absolute atomic E-state index is 0.276. The molecular formula is C14H26N2S. The average Bonchev–Trinajstić information content (AvgIpc) is 2.64. The van der Waals surface area contributed by atoms with E-state index in [1.54, 1.807) is 0 Å². The monoisotopic (exact) mass is 254 g/mol. The maximum atomic E-state index is 6.26. The van der Waals surface area contributed by atoms with Gasteiger partial charge in [-0.05, 0) is 32.6 Å². The minimum Gasteiger partial charge on any atom is -0.321 e. The van der Waals surface area contributed by atoms with Crippen molar-refractivity contribution in [1.82, 2.24) is 4.98 Å². The van der Waals surface area contributed by atoms with Crippen LogP contribution in [0, 0.1) is 0 Å². The number of thiazole rings is 1. The van der Waals surface area contributed by atoms with Gasteiger partial charge in [-0.2, -0.15) is 0 Å². The molecule has 17 heavy (non-hydrogen) atoms. The summed E-state index contributed by atoms with van der Waals surface area (Å²) in [4.78, 5) is 6.12. The van der Waals surface area contributed by atoms with Gasteiger partial charge in [-0.1, -0.05) is 27.7 Å². The lowest BCUT2D eigenvalue weighted by Crippen LogP contribution is -2.28. The van der Waals surface area contributed by atoms with Crippen LogP contribution in [0.25, 0.3) is 0 Å². The van der Waals surface area contributed by atoms with Gasteiger partial charge in [0.05, 0.1) is 10.7 Å². The van der Waals surface area contributed by atoms with Crippen molar-refractivity contribution < 1.29 is 0 Å². The Bertz CT molecular complexity index is 357. The van der Waals surface area contributed by atoms with Crippen LogP contribution in [0.1, 0.15) is 81.8 Å². The number of aromatic nitrogens is 1. The van der Waals surface area contributed by atoms with Gasteiger partial charge in [-0.3, -0.25) is 0 Å². The van der Waals surface area contributed by atoms with Crippen LogP contribution in [0.2, 0.25) is 0 Å². The second-order valence-electron chi connectivity index (χ2n) is 5.66. The third-order valence-electron chi connectivity index (χ3n) is 3.14. The Morgan fingerprint density at radius 2 is 1.76 bits per heavy atom. The van der Waals surface area contributed by atoms with E-state index >= 15 is 0 Å². The molecule has 0 radical (unpaired) electrons. The number of nitrogens with two attached hydrogens (primary N) is 1. The summed E-state index contributed by atoms with van der Waals surface area (Å²) in [6.45, 7) is 13.0. The van der Waals surface area contributed by atoms with E-state index in [4.69, 9.17) is 10.7 Å². The van der Waals surface area contributed by atoms with E-state index < -0.39 is 0 Å². The van der Waals surface area contributed by atoms with Gasteiger partial charge in [0, 0.05) is 16.3 Å². The van der Waals surface area contributed by atoms with Gasteiger partial charge in [0.1, 0.15) is 0 Å². The SMILES string of the molecule is CCC(CC)c1nc(C(C)C)c(C(C)(C)N)s1. The molecule has 0 saturated carbocycles. The van der Waals surface area contributed by atoms with E-state index in [1.165, 1.54) is 15.6 Å². The first-order valence-corrected chi connectivity index (χ1v) is 7.42. The fourth-order valence-corrected chi connectivity index (χ4v) is 3.52. The van der Waals surface area contributed by atoms with Gasteiger partial charge < -0.3 is 5.73 Å². The molecule has 2 N–H and O–H groups in total. The van der Waals surface area contributed by atoms with Crippen LogP contribution in [-0.2, 0) is 5.54 Å². The second kappa shape index (κ2) is 5.49. The van der Waals surface area contributed by atoms with E-state index in [1.807, 2.05) is 11.3 Å². The van der Waals surface area contributed by atoms with E-state index in [2.05, 4.69) is 41.5 Å². The molecule has 0 fully saturated rings. The molecule has 2 nitrogen and oxygen atoms in total. The lowest BCUT2D eigenvalue weighted by Gasteiger charge is -2.19. The zero-order valence-corrected chi connectivity index (χ0v) is 12.8. The molecule has 0 bridgehead atoms. The highest BCUT2D eigenvalue weighted by molar-refractivity contribution is 7.12. The Hall–Kier alpha value is -0.410. The van der Waals surface area contributed by atoms with Crippen molar-refractivity contribution in [3.05, 3.63) is 15.6 Å². The molecule has 0 amide bonds. The largest absolute Gasteiger partial charge is 0.321 e. The first-order chi connectivity index (χ1) is 7.81. The first-order valence-electron chi connectivity index (χ1n) is 6.61. The van der Waals surface area contributed by atoms with Crippen molar-refractivity contribution >= 4 is 11.3 Å². The maximum absolute atomic E-state index is 6.26. The Morgan fingerprint density at radius 1 is 1.24 bits per heavy atom. The summed E-state index contributed by atoms with van der Waals surface area (Å²) < 4.78 is 0. The maximum Gasteiger partial charge on any atom is 0.0962 e. The molecule has 0 aliphatic rings. The van der Waals surface area contributed by atoms with Crippen LogP contribution in [0.3, 0.4) is 0 Å². The number of nitrogens with zero attached hydrogens (tertiary/aromatic N) is 1. The number of hydrogen-bond donors (Lipinski definition) is 1. The summed E-state index contributed by atoms with van der Waals surface area (Å²) in [5.41, 5.74) is 7.18. The number of hydrogen-bond acceptors (Lipinski definition) is 3. The molecule has 1 heterocycles. The van der Waals surface area contributed by atoms with Crippen molar-refractivity contribution in [2.45, 2.75) is 71.8 Å². The standard InChI is InChI=1S/C14H26N2S/c1-7-10(8-2)13-16-11(9(3)4)12(17-13)14(5,6)15/h9-10H,7-8,15H2,1-6H3. The summed E-state index contributed by atoms with van der Waals surface area (Å²) in [7, 11) is 0. The quantitative estimate of drug-likeness (QED) is 0.847. The van der Waals surface area contributed by atoms with E-state index in [0.717, 1.165) is 12.8 Å². The first kappa shape index (κ1) is 14.7. The van der Waals surface area contributed by atoms with Crippen molar-refractivity contribution in [3.63, 3.8) is 0 Å². The van der Waals surface area contributed by atoms with Crippen LogP contribution in [0.4, 0.5) is 0 Å². The predicted molar refractivity (Wildman–Crippen MR) is 76.7 cm³/mol. The molecule has 0 unspecified atom stereocenters. The third-order valence-corrected chi connectivity index (χ3v) is 4.71. The van der Waals surface area contributed by atoms with Crippen LogP contribution >= 0.6 is 11.3 Å². The summed E-state index contributed by atoms with van der Waals surface area (Å²) >= 11 is 1.82. The van der Waals surface area contributed by atoms with E-state index in [-0.39, 0.29) is 5.54 Å². The molecule has 0 spiro atoms. The molecule has 1 aromatic rings. The topological polar surface area (TPSA) is 38.9 Å². The zero-order chi connectivity index (χ0) is 13.2. The highest BCUT2D eigenvalue weighted by Crippen LogP contribution is 2.37. The van der Waals surface area contributed by atoms with Gasteiger partial charge in [-0.15, -0.1) is 11.3 Å². The predicted octanol–water partition coefficient (Wildman–Crippen LogP) is 4.36. The fraction of sp³-hybridized carbons (Fsp3) is 0.786. The summed E-state index contributed by atoms with van der Waals surface area (Å²) in [5.74, 6) is 1.04. The smallest absolute Gasteiger partial charge is 0.0962 e. The molecule has 98 valence electrons. The molecule has 0 aliphatic carbocycles. The van der Waals surface area contributed by atoms with Crippen molar-refractivity contribution in [1.29, 1.82) is 0 Å². The van der Waals surface area contributed by atoms with Gasteiger partial charge in [0.25, 0.3) is 0 Å². The highest BCUT2D eigenvalue weighted by Gasteiger charge is 2.26. The summed E-state index contributed by atoms with van der Waals surface area (Å²) in [6.07, 6.45) is 2.32. The Kier molecular flexibility index (Phi) is 4.73. The zero-order valence-electron chi connectivity index (χ0n) is 12.0. The molecule has 1 rings (SSSR count). The van der Waals surface area contributed by atoms with Crippen LogP contribution in [0.5, 0.6) is 0 Å². The lowest BCUT2D eigenvalue weighted by molar-refractivity contribution is 0.553. The van der Waals surface area contributed by atoms with Gasteiger partial charge >= 0.3 is 0 Å². The second-order valence-corrected chi connectivity index (χ2v) is 6.69. The van der Waals surface area contributed by atoms with E-state index in [9.17, 15) is 0 Å². The Balaban J connectivity index is 3.21. The van der Waals surface area contributed by atoms with E-state index in [0.29, 0.717) is 11.8 Å². The normalized spacial score (nSPS) is 12.8. The van der Waals surface area contributed by atoms with Crippen molar-refractivity contribution in [3.8, 4) is 0 Å². The number of rotatable bonds is 5. The minimum atomic E-state index is -0.276. The van der Waals surface area contributed by atoms with Crippen LogP contribution in [0.15, 0.2) is 0 Å². The fourth-order valence-electron chi connectivity index (χ4n) is 2.01.